The normalized spacial score (nSPS) is 29.3. The van der Waals surface area contributed by atoms with E-state index in [-0.39, 0.29) is 11.6 Å². The quantitative estimate of drug-likeness (QED) is 0.477. The second-order valence-electron chi connectivity index (χ2n) is 10.2. The molecule has 1 aromatic carbocycles. The van der Waals surface area contributed by atoms with Crippen molar-refractivity contribution in [3.8, 4) is 0 Å². The summed E-state index contributed by atoms with van der Waals surface area (Å²) >= 11 is 0. The number of ether oxygens (including phenoxy) is 1. The van der Waals surface area contributed by atoms with E-state index in [2.05, 4.69) is 58.3 Å². The van der Waals surface area contributed by atoms with Gasteiger partial charge in [0.05, 0.1) is 20.2 Å². The molecule has 0 unspecified atom stereocenters. The number of fused-ring (bicyclic) bond motifs is 2. The van der Waals surface area contributed by atoms with Crippen molar-refractivity contribution < 1.29 is 9.22 Å². The van der Waals surface area contributed by atoms with Crippen molar-refractivity contribution in [3.05, 3.63) is 47.0 Å². The Balaban J connectivity index is 1.66. The first-order valence-electron chi connectivity index (χ1n) is 11.1. The molecule has 1 saturated carbocycles. The maximum Gasteiger partial charge on any atom is 0.133 e. The molecule has 0 saturated heterocycles. The van der Waals surface area contributed by atoms with Gasteiger partial charge in [0.2, 0.25) is 0 Å². The number of likely N-dealkylation sites (N-methyl/N-ethyl adjacent to an activating group) is 1. The second kappa shape index (κ2) is 7.37. The van der Waals surface area contributed by atoms with Crippen LogP contribution in [-0.4, -0.2) is 36.3 Å². The lowest BCUT2D eigenvalue weighted by atomic mass is 9.69. The van der Waals surface area contributed by atoms with Gasteiger partial charge in [-0.1, -0.05) is 48.7 Å². The predicted molar refractivity (Wildman–Crippen MR) is 112 cm³/mol. The molecule has 4 rings (SSSR count). The molecule has 0 radical (unpaired) electrons. The van der Waals surface area contributed by atoms with Crippen LogP contribution < -0.4 is 0 Å². The lowest BCUT2D eigenvalue weighted by Gasteiger charge is -2.54. The van der Waals surface area contributed by atoms with E-state index in [9.17, 15) is 0 Å². The largest absolute Gasteiger partial charge is 0.363 e. The Morgan fingerprint density at radius 3 is 2.33 bits per heavy atom. The van der Waals surface area contributed by atoms with Gasteiger partial charge in [0.1, 0.15) is 18.2 Å². The molecule has 3 atom stereocenters. The molecule has 0 aromatic heterocycles. The van der Waals surface area contributed by atoms with E-state index >= 15 is 0 Å². The van der Waals surface area contributed by atoms with E-state index < -0.39 is 0 Å². The van der Waals surface area contributed by atoms with Crippen LogP contribution in [0.15, 0.2) is 41.5 Å². The fraction of sp³-hybridized carbons (Fsp3) is 0.680. The van der Waals surface area contributed by atoms with Crippen LogP contribution in [0.4, 0.5) is 0 Å². The lowest BCUT2D eigenvalue weighted by Crippen LogP contribution is -2.64. The monoisotopic (exact) mass is 368 g/mol. The van der Waals surface area contributed by atoms with Crippen molar-refractivity contribution in [2.45, 2.75) is 89.5 Å². The highest BCUT2D eigenvalue weighted by Gasteiger charge is 2.51. The molecule has 1 fully saturated rings. The molecule has 2 nitrogen and oxygen atoms in total. The second-order valence-corrected chi connectivity index (χ2v) is 10.2. The third-order valence-corrected chi connectivity index (χ3v) is 7.95. The van der Waals surface area contributed by atoms with E-state index in [1.54, 1.807) is 5.57 Å². The number of rotatable bonds is 4. The van der Waals surface area contributed by atoms with Crippen molar-refractivity contribution >= 4 is 0 Å². The van der Waals surface area contributed by atoms with Gasteiger partial charge in [-0.2, -0.15) is 0 Å². The van der Waals surface area contributed by atoms with Crippen LogP contribution in [0.25, 0.3) is 0 Å². The molecule has 1 aliphatic heterocycles. The fourth-order valence-electron chi connectivity index (χ4n) is 5.74. The van der Waals surface area contributed by atoms with Gasteiger partial charge in [0.25, 0.3) is 0 Å². The first-order chi connectivity index (χ1) is 12.9. The van der Waals surface area contributed by atoms with Crippen LogP contribution in [0.1, 0.15) is 70.8 Å². The number of hydrogen-bond donors (Lipinski definition) is 0. The minimum Gasteiger partial charge on any atom is -0.363 e. The van der Waals surface area contributed by atoms with Crippen LogP contribution in [0.3, 0.4) is 0 Å². The summed E-state index contributed by atoms with van der Waals surface area (Å²) in [5, 5.41) is 0. The first kappa shape index (κ1) is 19.2. The smallest absolute Gasteiger partial charge is 0.133 e. The van der Waals surface area contributed by atoms with Crippen LogP contribution in [0.2, 0.25) is 0 Å². The number of quaternary nitrogens is 1. The first-order valence-corrected chi connectivity index (χ1v) is 11.1. The van der Waals surface area contributed by atoms with Crippen molar-refractivity contribution in [1.82, 2.24) is 0 Å². The van der Waals surface area contributed by atoms with E-state index in [0.717, 1.165) is 16.9 Å². The molecule has 27 heavy (non-hydrogen) atoms. The molecule has 2 heteroatoms. The summed E-state index contributed by atoms with van der Waals surface area (Å²) in [5.41, 5.74) is 4.97. The summed E-state index contributed by atoms with van der Waals surface area (Å²) in [7, 11) is 4.79. The van der Waals surface area contributed by atoms with Crippen LogP contribution >= 0.6 is 0 Å². The summed E-state index contributed by atoms with van der Waals surface area (Å²) in [6.07, 6.45) is 11.4. The van der Waals surface area contributed by atoms with E-state index in [4.69, 9.17) is 4.74 Å². The van der Waals surface area contributed by atoms with Crippen LogP contribution in [0.5, 0.6) is 0 Å². The van der Waals surface area contributed by atoms with Gasteiger partial charge in [-0.15, -0.1) is 0 Å². The van der Waals surface area contributed by atoms with E-state index in [1.165, 1.54) is 56.9 Å². The van der Waals surface area contributed by atoms with Crippen LogP contribution in [0, 0.1) is 5.92 Å². The SMILES string of the molecule is CC(C)([C@@H]1O[C@H]2CCCC[C@@H]2C2=C1CCCC2)[N+](C)(C)Cc1ccccc1. The van der Waals surface area contributed by atoms with Gasteiger partial charge in [0.15, 0.2) is 0 Å². The Labute approximate surface area is 166 Å². The Morgan fingerprint density at radius 1 is 0.926 bits per heavy atom. The Morgan fingerprint density at radius 2 is 1.59 bits per heavy atom. The molecule has 148 valence electrons. The molecule has 3 aliphatic rings. The topological polar surface area (TPSA) is 9.23 Å². The molecule has 0 spiro atoms. The van der Waals surface area contributed by atoms with E-state index in [1.807, 2.05) is 5.57 Å². The predicted octanol–water partition coefficient (Wildman–Crippen LogP) is 5.87. The van der Waals surface area contributed by atoms with Gasteiger partial charge in [0, 0.05) is 11.5 Å². The molecular weight excluding hydrogens is 330 g/mol. The lowest BCUT2D eigenvalue weighted by molar-refractivity contribution is -0.953. The highest BCUT2D eigenvalue weighted by Crippen LogP contribution is 2.48. The molecule has 0 N–H and O–H groups in total. The zero-order valence-electron chi connectivity index (χ0n) is 17.8. The fourth-order valence-corrected chi connectivity index (χ4v) is 5.74. The Hall–Kier alpha value is -1.12. The maximum atomic E-state index is 6.98. The third kappa shape index (κ3) is 3.51. The summed E-state index contributed by atoms with van der Waals surface area (Å²) in [4.78, 5) is 0. The highest BCUT2D eigenvalue weighted by atomic mass is 16.5. The third-order valence-electron chi connectivity index (χ3n) is 7.95. The number of hydrogen-bond acceptors (Lipinski definition) is 1. The molecule has 1 aromatic rings. The van der Waals surface area contributed by atoms with Gasteiger partial charge in [-0.25, -0.2) is 0 Å². The van der Waals surface area contributed by atoms with Gasteiger partial charge < -0.3 is 9.22 Å². The Kier molecular flexibility index (Phi) is 5.24. The zero-order valence-corrected chi connectivity index (χ0v) is 17.8. The summed E-state index contributed by atoms with van der Waals surface area (Å²) in [5.74, 6) is 0.728. The van der Waals surface area contributed by atoms with Gasteiger partial charge in [-0.3, -0.25) is 0 Å². The minimum atomic E-state index is 0.0518. The Bertz CT molecular complexity index is 688. The van der Waals surface area contributed by atoms with Gasteiger partial charge in [-0.05, 0) is 57.9 Å². The number of nitrogens with zero attached hydrogens (tertiary/aromatic N) is 1. The molecule has 0 bridgehead atoms. The average Bonchev–Trinajstić information content (AvgIpc) is 2.67. The summed E-state index contributed by atoms with van der Waals surface area (Å²) in [6.45, 7) is 5.94. The minimum absolute atomic E-state index is 0.0518. The van der Waals surface area contributed by atoms with Crippen molar-refractivity contribution in [2.75, 3.05) is 14.1 Å². The maximum absolute atomic E-state index is 6.98. The van der Waals surface area contributed by atoms with Gasteiger partial charge >= 0.3 is 0 Å². The molecule has 0 amide bonds. The van der Waals surface area contributed by atoms with Crippen molar-refractivity contribution in [3.63, 3.8) is 0 Å². The molecule has 1 heterocycles. The summed E-state index contributed by atoms with van der Waals surface area (Å²) in [6, 6.07) is 11.0. The summed E-state index contributed by atoms with van der Waals surface area (Å²) < 4.78 is 7.93. The number of benzene rings is 1. The highest BCUT2D eigenvalue weighted by molar-refractivity contribution is 5.30. The average molecular weight is 369 g/mol. The van der Waals surface area contributed by atoms with E-state index in [0.29, 0.717) is 6.10 Å². The van der Waals surface area contributed by atoms with Crippen LogP contribution in [-0.2, 0) is 11.3 Å². The molecular formula is C25H38NO+. The van der Waals surface area contributed by atoms with Crippen molar-refractivity contribution in [2.24, 2.45) is 5.92 Å². The molecule has 2 aliphatic carbocycles. The van der Waals surface area contributed by atoms with Crippen molar-refractivity contribution in [1.29, 1.82) is 0 Å². The zero-order chi connectivity index (χ0) is 19.1. The standard InChI is InChI=1S/C25H38NO/c1-25(2,26(3,4)18-19-12-6-5-7-13-19)24-22-16-9-8-14-20(22)21-15-10-11-17-23(21)27-24/h5-7,12-13,21,23-24H,8-11,14-18H2,1-4H3/q+1/t21-,23+,24-/m1/s1.